The molecule has 0 aliphatic heterocycles. The zero-order chi connectivity index (χ0) is 6.41. The van der Waals surface area contributed by atoms with Crippen LogP contribution in [0.25, 0.3) is 0 Å². The first-order valence-corrected chi connectivity index (χ1v) is 3.53. The van der Waals surface area contributed by atoms with Gasteiger partial charge in [0.05, 0.1) is 0 Å². The van der Waals surface area contributed by atoms with Crippen LogP contribution in [0.5, 0.6) is 0 Å². The summed E-state index contributed by atoms with van der Waals surface area (Å²) in [6, 6.07) is 0. The van der Waals surface area contributed by atoms with Gasteiger partial charge in [-0.05, 0) is 31.1 Å². The molecule has 0 spiro atoms. The van der Waals surface area contributed by atoms with E-state index in [4.69, 9.17) is 12.2 Å². The number of unbranched alkanes of at least 4 members (excludes halogenated alkanes) is 1. The quantitative estimate of drug-likeness (QED) is 0.526. The number of thiocarbonyl (C=S) groups is 1. The minimum Gasteiger partial charge on any atom is -0.0897 e. The monoisotopic (exact) mass is 129 g/mol. The van der Waals surface area contributed by atoms with E-state index in [9.17, 15) is 0 Å². The number of hydrogen-bond donors (Lipinski definition) is 0. The Bertz CT molecular complexity index is 66.8. The van der Waals surface area contributed by atoms with E-state index in [2.05, 4.69) is 13.8 Å². The molecule has 1 heteroatoms. The molecular weight excluding hydrogens is 116 g/mol. The summed E-state index contributed by atoms with van der Waals surface area (Å²) in [4.78, 5) is 1.12. The smallest absolute Gasteiger partial charge is 0.00715 e. The first kappa shape index (κ1) is 8.09. The van der Waals surface area contributed by atoms with Gasteiger partial charge in [-0.3, -0.25) is 0 Å². The van der Waals surface area contributed by atoms with Gasteiger partial charge in [-0.25, -0.2) is 0 Å². The van der Waals surface area contributed by atoms with Crippen molar-refractivity contribution in [2.75, 3.05) is 0 Å². The van der Waals surface area contributed by atoms with Gasteiger partial charge in [0, 0.05) is 0 Å². The standard InChI is InChI=1S/C7H13S/c1-3-5-6-7(8)4-2/h2-6H2,1H3. The van der Waals surface area contributed by atoms with E-state index in [0.717, 1.165) is 17.7 Å². The van der Waals surface area contributed by atoms with Gasteiger partial charge < -0.3 is 0 Å². The van der Waals surface area contributed by atoms with Gasteiger partial charge in [-0.15, -0.1) is 0 Å². The second-order valence-corrected chi connectivity index (χ2v) is 2.47. The summed E-state index contributed by atoms with van der Waals surface area (Å²) < 4.78 is 0. The highest BCUT2D eigenvalue weighted by Crippen LogP contribution is 1.98. The highest BCUT2D eigenvalue weighted by molar-refractivity contribution is 7.80. The van der Waals surface area contributed by atoms with Crippen molar-refractivity contribution in [2.24, 2.45) is 0 Å². The van der Waals surface area contributed by atoms with Crippen molar-refractivity contribution in [1.82, 2.24) is 0 Å². The van der Waals surface area contributed by atoms with E-state index < -0.39 is 0 Å². The van der Waals surface area contributed by atoms with E-state index in [-0.39, 0.29) is 0 Å². The van der Waals surface area contributed by atoms with Crippen molar-refractivity contribution in [3.8, 4) is 0 Å². The van der Waals surface area contributed by atoms with Crippen LogP contribution in [-0.2, 0) is 0 Å². The van der Waals surface area contributed by atoms with Crippen molar-refractivity contribution in [3.63, 3.8) is 0 Å². The Morgan fingerprint density at radius 2 is 2.25 bits per heavy atom. The third kappa shape index (κ3) is 4.25. The van der Waals surface area contributed by atoms with Crippen molar-refractivity contribution in [1.29, 1.82) is 0 Å². The molecule has 0 saturated carbocycles. The van der Waals surface area contributed by atoms with E-state index in [1.54, 1.807) is 0 Å². The molecule has 0 aromatic carbocycles. The molecule has 0 aromatic heterocycles. The molecule has 0 aliphatic rings. The van der Waals surface area contributed by atoms with Crippen LogP contribution < -0.4 is 0 Å². The van der Waals surface area contributed by atoms with Gasteiger partial charge in [-0.1, -0.05) is 25.6 Å². The molecule has 0 aromatic rings. The van der Waals surface area contributed by atoms with Crippen LogP contribution in [0.2, 0.25) is 0 Å². The Labute approximate surface area is 57.3 Å². The minimum absolute atomic E-state index is 0.829. The first-order valence-electron chi connectivity index (χ1n) is 3.12. The van der Waals surface area contributed by atoms with Crippen LogP contribution in [0.15, 0.2) is 0 Å². The molecule has 0 atom stereocenters. The summed E-state index contributed by atoms with van der Waals surface area (Å²) in [5, 5.41) is 0. The molecule has 0 saturated heterocycles. The molecule has 0 aliphatic carbocycles. The van der Waals surface area contributed by atoms with Crippen LogP contribution >= 0.6 is 12.2 Å². The molecule has 0 fully saturated rings. The topological polar surface area (TPSA) is 0 Å². The van der Waals surface area contributed by atoms with Crippen molar-refractivity contribution < 1.29 is 0 Å². The summed E-state index contributed by atoms with van der Waals surface area (Å²) in [7, 11) is 0. The SMILES string of the molecule is [CH2]CC(=S)CCCC. The Morgan fingerprint density at radius 3 is 2.62 bits per heavy atom. The summed E-state index contributed by atoms with van der Waals surface area (Å²) in [6.07, 6.45) is 4.39. The predicted molar refractivity (Wildman–Crippen MR) is 42.1 cm³/mol. The first-order chi connectivity index (χ1) is 3.81. The van der Waals surface area contributed by atoms with Gasteiger partial charge in [0.1, 0.15) is 0 Å². The molecule has 0 heterocycles. The molecule has 47 valence electrons. The maximum atomic E-state index is 4.96. The zero-order valence-electron chi connectivity index (χ0n) is 5.44. The fourth-order valence-electron chi connectivity index (χ4n) is 0.499. The Hall–Kier alpha value is 0.0900. The molecule has 0 rings (SSSR count). The summed E-state index contributed by atoms with van der Waals surface area (Å²) >= 11 is 4.96. The van der Waals surface area contributed by atoms with Crippen molar-refractivity contribution in [3.05, 3.63) is 6.92 Å². The molecule has 0 nitrogen and oxygen atoms in total. The Balaban J connectivity index is 2.99. The van der Waals surface area contributed by atoms with Gasteiger partial charge in [0.15, 0.2) is 0 Å². The summed E-state index contributed by atoms with van der Waals surface area (Å²) in [5.41, 5.74) is 0. The lowest BCUT2D eigenvalue weighted by molar-refractivity contribution is 0.836. The highest BCUT2D eigenvalue weighted by Gasteiger charge is 1.89. The average Bonchev–Trinajstić information content (AvgIpc) is 1.83. The third-order valence-corrected chi connectivity index (χ3v) is 1.50. The van der Waals surface area contributed by atoms with Crippen LogP contribution in [0.4, 0.5) is 0 Å². The maximum absolute atomic E-state index is 4.96. The average molecular weight is 129 g/mol. The highest BCUT2D eigenvalue weighted by atomic mass is 32.1. The number of hydrogen-bond acceptors (Lipinski definition) is 1. The third-order valence-electron chi connectivity index (χ3n) is 1.09. The lowest BCUT2D eigenvalue weighted by atomic mass is 10.2. The fourth-order valence-corrected chi connectivity index (χ4v) is 0.643. The van der Waals surface area contributed by atoms with Gasteiger partial charge >= 0.3 is 0 Å². The maximum Gasteiger partial charge on any atom is -0.00715 e. The lowest BCUT2D eigenvalue weighted by Crippen LogP contribution is -1.89. The van der Waals surface area contributed by atoms with Crippen LogP contribution in [0.1, 0.15) is 32.6 Å². The van der Waals surface area contributed by atoms with E-state index in [0.29, 0.717) is 0 Å². The molecule has 0 N–H and O–H groups in total. The molecule has 0 bridgehead atoms. The predicted octanol–water partition coefficient (Wildman–Crippen LogP) is 2.77. The Morgan fingerprint density at radius 1 is 1.62 bits per heavy atom. The van der Waals surface area contributed by atoms with Crippen molar-refractivity contribution >= 4 is 17.1 Å². The largest absolute Gasteiger partial charge is 0.0897 e. The van der Waals surface area contributed by atoms with E-state index >= 15 is 0 Å². The summed E-state index contributed by atoms with van der Waals surface area (Å²) in [5.74, 6) is 0. The van der Waals surface area contributed by atoms with Gasteiger partial charge in [-0.2, -0.15) is 0 Å². The Kier molecular flexibility index (Phi) is 5.29. The van der Waals surface area contributed by atoms with Crippen LogP contribution in [-0.4, -0.2) is 4.86 Å². The van der Waals surface area contributed by atoms with E-state index in [1.807, 2.05) is 0 Å². The number of rotatable bonds is 4. The van der Waals surface area contributed by atoms with Gasteiger partial charge in [0.2, 0.25) is 0 Å². The normalized spacial score (nSPS) is 9.25. The lowest BCUT2D eigenvalue weighted by Gasteiger charge is -1.94. The molecular formula is C7H13S. The van der Waals surface area contributed by atoms with Crippen LogP contribution in [0.3, 0.4) is 0 Å². The summed E-state index contributed by atoms with van der Waals surface area (Å²) in [6.45, 7) is 5.87. The molecule has 0 amide bonds. The van der Waals surface area contributed by atoms with Gasteiger partial charge in [0.25, 0.3) is 0 Å². The molecule has 1 radical (unpaired) electrons. The van der Waals surface area contributed by atoms with Crippen LogP contribution in [0, 0.1) is 6.92 Å². The van der Waals surface area contributed by atoms with E-state index in [1.165, 1.54) is 12.8 Å². The fraction of sp³-hybridized carbons (Fsp3) is 0.714. The molecule has 0 unspecified atom stereocenters. The minimum atomic E-state index is 0.829. The van der Waals surface area contributed by atoms with Crippen molar-refractivity contribution in [2.45, 2.75) is 32.6 Å². The molecule has 8 heavy (non-hydrogen) atoms. The second kappa shape index (κ2) is 5.23. The zero-order valence-corrected chi connectivity index (χ0v) is 6.26. The second-order valence-electron chi connectivity index (χ2n) is 1.89.